The molecular formula is C26H33N5O4. The minimum Gasteiger partial charge on any atom is -0.497 e. The first kappa shape index (κ1) is 25.8. The molecular weight excluding hydrogens is 446 g/mol. The van der Waals surface area contributed by atoms with Crippen molar-refractivity contribution < 1.29 is 19.1 Å². The van der Waals surface area contributed by atoms with Crippen LogP contribution >= 0.6 is 0 Å². The molecule has 0 spiro atoms. The lowest BCUT2D eigenvalue weighted by Crippen LogP contribution is -2.52. The number of hydrogen-bond donors (Lipinski definition) is 2. The number of benzene rings is 1. The quantitative estimate of drug-likeness (QED) is 0.597. The van der Waals surface area contributed by atoms with Crippen LogP contribution in [0.1, 0.15) is 42.1 Å². The summed E-state index contributed by atoms with van der Waals surface area (Å²) in [4.78, 5) is 31.7. The van der Waals surface area contributed by atoms with E-state index in [0.717, 1.165) is 16.8 Å². The van der Waals surface area contributed by atoms with Crippen molar-refractivity contribution in [2.45, 2.75) is 52.1 Å². The summed E-state index contributed by atoms with van der Waals surface area (Å²) in [6, 6.07) is 8.80. The van der Waals surface area contributed by atoms with Gasteiger partial charge in [-0.1, -0.05) is 6.07 Å². The van der Waals surface area contributed by atoms with E-state index in [1.807, 2.05) is 26.0 Å². The zero-order chi connectivity index (χ0) is 25.5. The molecule has 35 heavy (non-hydrogen) atoms. The standard InChI is InChI=1S/C26H33N5O4/c1-16-12-17(2)28-25(22(16)15-27)31-10-8-20(9-11-31)30-26(33)23(29-18(3)32)13-19-6-7-21(34-4)14-24(19)35-5/h6-7,12,14,20,23H,8-11,13H2,1-5H3,(H,29,32)(H,30,33)/t23-/m1/s1. The zero-order valence-corrected chi connectivity index (χ0v) is 21.0. The Kier molecular flexibility index (Phi) is 8.53. The van der Waals surface area contributed by atoms with Crippen LogP contribution in [0, 0.1) is 25.2 Å². The van der Waals surface area contributed by atoms with Gasteiger partial charge in [0.05, 0.1) is 19.8 Å². The van der Waals surface area contributed by atoms with Gasteiger partial charge in [0.25, 0.3) is 0 Å². The zero-order valence-electron chi connectivity index (χ0n) is 21.0. The first-order valence-electron chi connectivity index (χ1n) is 11.7. The summed E-state index contributed by atoms with van der Waals surface area (Å²) in [7, 11) is 3.13. The second-order valence-electron chi connectivity index (χ2n) is 8.80. The Bertz CT molecular complexity index is 1120. The number of nitrogens with zero attached hydrogens (tertiary/aromatic N) is 3. The van der Waals surface area contributed by atoms with Crippen molar-refractivity contribution in [2.75, 3.05) is 32.2 Å². The predicted octanol–water partition coefficient (Wildman–Crippen LogP) is 2.42. The number of carbonyl (C=O) groups excluding carboxylic acids is 2. The van der Waals surface area contributed by atoms with Crippen molar-refractivity contribution in [3.63, 3.8) is 0 Å². The number of pyridine rings is 1. The molecule has 2 aromatic rings. The van der Waals surface area contributed by atoms with Crippen molar-refractivity contribution in [3.05, 3.63) is 46.6 Å². The Morgan fingerprint density at radius 2 is 1.91 bits per heavy atom. The lowest BCUT2D eigenvalue weighted by molar-refractivity contribution is -0.128. The second-order valence-corrected chi connectivity index (χ2v) is 8.80. The molecule has 1 aliphatic rings. The van der Waals surface area contributed by atoms with Crippen LogP contribution in [-0.4, -0.2) is 56.2 Å². The normalized spacial score (nSPS) is 14.6. The van der Waals surface area contributed by atoms with E-state index in [2.05, 4.69) is 26.6 Å². The van der Waals surface area contributed by atoms with Gasteiger partial charge in [-0.25, -0.2) is 4.98 Å². The molecule has 186 valence electrons. The lowest BCUT2D eigenvalue weighted by atomic mass is 10.0. The summed E-state index contributed by atoms with van der Waals surface area (Å²) in [5.41, 5.74) is 3.18. The van der Waals surface area contributed by atoms with Crippen LogP contribution in [0.4, 0.5) is 5.82 Å². The number of aromatic nitrogens is 1. The summed E-state index contributed by atoms with van der Waals surface area (Å²) in [6.07, 6.45) is 1.71. The lowest BCUT2D eigenvalue weighted by Gasteiger charge is -2.34. The van der Waals surface area contributed by atoms with Gasteiger partial charge in [-0.15, -0.1) is 0 Å². The molecule has 9 heteroatoms. The molecule has 2 amide bonds. The van der Waals surface area contributed by atoms with Gasteiger partial charge in [0.2, 0.25) is 11.8 Å². The SMILES string of the molecule is COc1ccc(C[C@@H](NC(C)=O)C(=O)NC2CCN(c3nc(C)cc(C)c3C#N)CC2)c(OC)c1. The van der Waals surface area contributed by atoms with Gasteiger partial charge in [-0.05, 0) is 49.9 Å². The highest BCUT2D eigenvalue weighted by atomic mass is 16.5. The molecule has 9 nitrogen and oxygen atoms in total. The first-order chi connectivity index (χ1) is 16.7. The van der Waals surface area contributed by atoms with E-state index in [9.17, 15) is 14.9 Å². The number of nitrogens with one attached hydrogen (secondary N) is 2. The number of rotatable bonds is 8. The second kappa shape index (κ2) is 11.6. The maximum atomic E-state index is 13.2. The molecule has 1 aliphatic heterocycles. The number of nitriles is 1. The van der Waals surface area contributed by atoms with Crippen molar-refractivity contribution in [3.8, 4) is 17.6 Å². The maximum absolute atomic E-state index is 13.2. The van der Waals surface area contributed by atoms with Gasteiger partial charge < -0.3 is 25.0 Å². The van der Waals surface area contributed by atoms with Crippen molar-refractivity contribution in [1.29, 1.82) is 5.26 Å². The van der Waals surface area contributed by atoms with E-state index in [0.29, 0.717) is 48.8 Å². The van der Waals surface area contributed by atoms with Crippen molar-refractivity contribution in [1.82, 2.24) is 15.6 Å². The molecule has 1 aromatic heterocycles. The Morgan fingerprint density at radius 3 is 2.51 bits per heavy atom. The summed E-state index contributed by atoms with van der Waals surface area (Å²) in [5, 5.41) is 15.5. The summed E-state index contributed by atoms with van der Waals surface area (Å²) in [5.74, 6) is 1.43. The highest BCUT2D eigenvalue weighted by Gasteiger charge is 2.28. The Morgan fingerprint density at radius 1 is 1.20 bits per heavy atom. The number of ether oxygens (including phenoxy) is 2. The molecule has 3 rings (SSSR count). The third-order valence-corrected chi connectivity index (χ3v) is 6.19. The Labute approximate surface area is 206 Å². The summed E-state index contributed by atoms with van der Waals surface area (Å²) < 4.78 is 10.7. The number of carbonyl (C=O) groups is 2. The van der Waals surface area contributed by atoms with Crippen molar-refractivity contribution >= 4 is 17.6 Å². The van der Waals surface area contributed by atoms with Gasteiger partial charge in [0.1, 0.15) is 29.4 Å². The Hall–Kier alpha value is -3.80. The molecule has 1 fully saturated rings. The monoisotopic (exact) mass is 479 g/mol. The van der Waals surface area contributed by atoms with E-state index in [4.69, 9.17) is 9.47 Å². The molecule has 1 atom stereocenters. The predicted molar refractivity (Wildman–Crippen MR) is 133 cm³/mol. The third kappa shape index (κ3) is 6.41. The fourth-order valence-electron chi connectivity index (χ4n) is 4.42. The van der Waals surface area contributed by atoms with Crippen LogP contribution in [0.2, 0.25) is 0 Å². The molecule has 0 bridgehead atoms. The van der Waals surface area contributed by atoms with Crippen LogP contribution in [0.15, 0.2) is 24.3 Å². The topological polar surface area (TPSA) is 117 Å². The van der Waals surface area contributed by atoms with Gasteiger partial charge in [0, 0.05) is 44.2 Å². The molecule has 0 unspecified atom stereocenters. The number of methoxy groups -OCH3 is 2. The van der Waals surface area contributed by atoms with E-state index in [1.54, 1.807) is 26.4 Å². The highest BCUT2D eigenvalue weighted by molar-refractivity contribution is 5.87. The van der Waals surface area contributed by atoms with Crippen LogP contribution in [0.3, 0.4) is 0 Å². The molecule has 0 radical (unpaired) electrons. The average Bonchev–Trinajstić information content (AvgIpc) is 2.83. The minimum atomic E-state index is -0.737. The smallest absolute Gasteiger partial charge is 0.243 e. The van der Waals surface area contributed by atoms with Crippen LogP contribution in [0.5, 0.6) is 11.5 Å². The van der Waals surface area contributed by atoms with Gasteiger partial charge in [-0.2, -0.15) is 5.26 Å². The van der Waals surface area contributed by atoms with Crippen LogP contribution in [0.25, 0.3) is 0 Å². The molecule has 2 N–H and O–H groups in total. The summed E-state index contributed by atoms with van der Waals surface area (Å²) in [6.45, 7) is 6.58. The number of hydrogen-bond acceptors (Lipinski definition) is 7. The number of piperidine rings is 1. The number of aryl methyl sites for hydroxylation is 2. The molecule has 0 saturated carbocycles. The molecule has 0 aliphatic carbocycles. The number of amides is 2. The van der Waals surface area contributed by atoms with E-state index in [-0.39, 0.29) is 24.3 Å². The van der Waals surface area contributed by atoms with Gasteiger partial charge >= 0.3 is 0 Å². The van der Waals surface area contributed by atoms with E-state index in [1.165, 1.54) is 6.92 Å². The van der Waals surface area contributed by atoms with E-state index < -0.39 is 6.04 Å². The van der Waals surface area contributed by atoms with Gasteiger partial charge in [-0.3, -0.25) is 9.59 Å². The van der Waals surface area contributed by atoms with E-state index >= 15 is 0 Å². The molecule has 1 saturated heterocycles. The third-order valence-electron chi connectivity index (χ3n) is 6.19. The fraction of sp³-hybridized carbons (Fsp3) is 0.462. The van der Waals surface area contributed by atoms with Crippen LogP contribution < -0.4 is 25.0 Å². The maximum Gasteiger partial charge on any atom is 0.243 e. The van der Waals surface area contributed by atoms with Crippen molar-refractivity contribution in [2.24, 2.45) is 0 Å². The largest absolute Gasteiger partial charge is 0.497 e. The molecule has 2 heterocycles. The number of anilines is 1. The highest BCUT2D eigenvalue weighted by Crippen LogP contribution is 2.27. The molecule has 1 aromatic carbocycles. The first-order valence-corrected chi connectivity index (χ1v) is 11.7. The fourth-order valence-corrected chi connectivity index (χ4v) is 4.42. The van der Waals surface area contributed by atoms with Crippen LogP contribution in [-0.2, 0) is 16.0 Å². The van der Waals surface area contributed by atoms with Gasteiger partial charge in [0.15, 0.2) is 0 Å². The minimum absolute atomic E-state index is 0.0378. The summed E-state index contributed by atoms with van der Waals surface area (Å²) >= 11 is 0. The Balaban J connectivity index is 1.67. The average molecular weight is 480 g/mol.